The number of amides is 1. The Balaban J connectivity index is 1.54. The lowest BCUT2D eigenvalue weighted by atomic mass is 9.80. The van der Waals surface area contributed by atoms with Crippen molar-refractivity contribution in [2.24, 2.45) is 0 Å². The zero-order valence-corrected chi connectivity index (χ0v) is 25.7. The number of methoxy groups -OCH3 is 1. The topological polar surface area (TPSA) is 56.8 Å². The lowest BCUT2D eigenvalue weighted by Crippen LogP contribution is -2.35. The summed E-state index contributed by atoms with van der Waals surface area (Å²) in [4.78, 5) is 12.9. The van der Waals surface area contributed by atoms with Gasteiger partial charge in [0.2, 0.25) is 0 Å². The normalized spacial score (nSPS) is 12.3. The summed E-state index contributed by atoms with van der Waals surface area (Å²) in [5.74, 6) is 0.779. The minimum Gasteiger partial charge on any atom is -0.497 e. The average Bonchev–Trinajstić information content (AvgIpc) is 3.05. The van der Waals surface area contributed by atoms with E-state index in [0.717, 1.165) is 39.1 Å². The second kappa shape index (κ2) is 13.6. The zero-order chi connectivity index (χ0) is 31.0. The van der Waals surface area contributed by atoms with Crippen molar-refractivity contribution >= 4 is 6.09 Å². The van der Waals surface area contributed by atoms with Gasteiger partial charge < -0.3 is 19.5 Å². The molecule has 44 heavy (non-hydrogen) atoms. The molecule has 1 amide bonds. The van der Waals surface area contributed by atoms with E-state index in [0.29, 0.717) is 6.61 Å². The Labute approximate surface area is 260 Å². The first-order chi connectivity index (χ1) is 21.3. The van der Waals surface area contributed by atoms with E-state index in [1.165, 1.54) is 0 Å². The number of carbonyl (C=O) groups is 1. The molecular formula is C39H39NO4. The molecule has 5 aromatic rings. The highest BCUT2D eigenvalue weighted by Crippen LogP contribution is 2.42. The molecule has 1 N–H and O–H groups in total. The molecule has 0 bridgehead atoms. The van der Waals surface area contributed by atoms with Crippen molar-refractivity contribution in [3.8, 4) is 5.75 Å². The van der Waals surface area contributed by atoms with Crippen molar-refractivity contribution in [1.82, 2.24) is 5.32 Å². The number of benzene rings is 5. The minimum atomic E-state index is -0.890. The van der Waals surface area contributed by atoms with Gasteiger partial charge in [0.15, 0.2) is 0 Å². The lowest BCUT2D eigenvalue weighted by molar-refractivity contribution is 0.000185. The standard InChI is InChI=1S/C39H39NO4/c1-38(2,3)44-37(41)40-36(30-16-8-5-9-17-30)31-18-14-15-29(27-31)28-43-39(32-19-10-6-11-20-32,33-21-12-7-13-22-33)34-23-25-35(42-4)26-24-34/h5-27,36H,28H2,1-4H3,(H,40,41). The molecule has 0 aliphatic heterocycles. The van der Waals surface area contributed by atoms with Crippen molar-refractivity contribution in [3.05, 3.63) is 173 Å². The van der Waals surface area contributed by atoms with Crippen LogP contribution in [-0.2, 0) is 21.7 Å². The van der Waals surface area contributed by atoms with Crippen molar-refractivity contribution in [2.45, 2.75) is 44.6 Å². The molecule has 0 aliphatic rings. The molecule has 1 atom stereocenters. The van der Waals surface area contributed by atoms with Crippen molar-refractivity contribution in [1.29, 1.82) is 0 Å². The van der Waals surface area contributed by atoms with Crippen LogP contribution in [0.4, 0.5) is 4.79 Å². The van der Waals surface area contributed by atoms with Crippen LogP contribution in [0, 0.1) is 0 Å². The SMILES string of the molecule is COc1ccc(C(OCc2cccc(C(NC(=O)OC(C)(C)C)c3ccccc3)c2)(c2ccccc2)c2ccccc2)cc1. The molecule has 0 spiro atoms. The van der Waals surface area contributed by atoms with Crippen LogP contribution in [0.5, 0.6) is 5.75 Å². The maximum atomic E-state index is 12.9. The van der Waals surface area contributed by atoms with Gasteiger partial charge in [0, 0.05) is 0 Å². The summed E-state index contributed by atoms with van der Waals surface area (Å²) >= 11 is 0. The number of rotatable bonds is 10. The fourth-order valence-electron chi connectivity index (χ4n) is 5.41. The first kappa shape index (κ1) is 30.6. The number of ether oxygens (including phenoxy) is 3. The third-order valence-electron chi connectivity index (χ3n) is 7.39. The van der Waals surface area contributed by atoms with Crippen LogP contribution < -0.4 is 10.1 Å². The van der Waals surface area contributed by atoms with Crippen LogP contribution in [0.25, 0.3) is 0 Å². The Morgan fingerprint density at radius 1 is 0.659 bits per heavy atom. The Morgan fingerprint density at radius 2 is 1.18 bits per heavy atom. The van der Waals surface area contributed by atoms with E-state index >= 15 is 0 Å². The van der Waals surface area contributed by atoms with Gasteiger partial charge >= 0.3 is 6.09 Å². The predicted molar refractivity (Wildman–Crippen MR) is 175 cm³/mol. The number of nitrogens with one attached hydrogen (secondary N) is 1. The van der Waals surface area contributed by atoms with E-state index in [1.54, 1.807) is 7.11 Å². The Bertz CT molecular complexity index is 1590. The lowest BCUT2D eigenvalue weighted by Gasteiger charge is -2.36. The van der Waals surface area contributed by atoms with Crippen molar-refractivity contribution < 1.29 is 19.0 Å². The second-order valence-corrected chi connectivity index (χ2v) is 11.7. The molecule has 0 aliphatic carbocycles. The summed E-state index contributed by atoms with van der Waals surface area (Å²) in [6.07, 6.45) is -0.473. The highest BCUT2D eigenvalue weighted by atomic mass is 16.6. The van der Waals surface area contributed by atoms with Crippen molar-refractivity contribution in [3.63, 3.8) is 0 Å². The Morgan fingerprint density at radius 3 is 1.73 bits per heavy atom. The van der Waals surface area contributed by atoms with Crippen LogP contribution in [0.3, 0.4) is 0 Å². The van der Waals surface area contributed by atoms with Crippen LogP contribution in [0.15, 0.2) is 140 Å². The van der Waals surface area contributed by atoms with Crippen LogP contribution >= 0.6 is 0 Å². The van der Waals surface area contributed by atoms with Gasteiger partial charge in [-0.15, -0.1) is 0 Å². The summed E-state index contributed by atoms with van der Waals surface area (Å²) in [7, 11) is 1.67. The smallest absolute Gasteiger partial charge is 0.408 e. The molecule has 0 heterocycles. The van der Waals surface area contributed by atoms with Gasteiger partial charge in [-0.3, -0.25) is 0 Å². The summed E-state index contributed by atoms with van der Waals surface area (Å²) in [5.41, 5.74) is 4.37. The van der Waals surface area contributed by atoms with E-state index < -0.39 is 23.3 Å². The number of carbonyl (C=O) groups excluding carboxylic acids is 1. The van der Waals surface area contributed by atoms with Gasteiger partial charge in [-0.25, -0.2) is 4.79 Å². The Hall–Kier alpha value is -4.87. The molecule has 5 rings (SSSR count). The highest BCUT2D eigenvalue weighted by Gasteiger charge is 2.37. The zero-order valence-electron chi connectivity index (χ0n) is 25.7. The fourth-order valence-corrected chi connectivity index (χ4v) is 5.41. The predicted octanol–water partition coefficient (Wildman–Crippen LogP) is 8.82. The molecule has 224 valence electrons. The summed E-state index contributed by atoms with van der Waals surface area (Å²) in [6, 6.07) is 46.3. The second-order valence-electron chi connectivity index (χ2n) is 11.7. The molecule has 0 saturated heterocycles. The quantitative estimate of drug-likeness (QED) is 0.166. The van der Waals surface area contributed by atoms with Crippen LogP contribution in [-0.4, -0.2) is 18.8 Å². The van der Waals surface area contributed by atoms with Crippen LogP contribution in [0.1, 0.15) is 60.2 Å². The molecule has 0 fully saturated rings. The molecule has 0 aromatic heterocycles. The molecule has 5 nitrogen and oxygen atoms in total. The monoisotopic (exact) mass is 585 g/mol. The van der Waals surface area contributed by atoms with Crippen LogP contribution in [0.2, 0.25) is 0 Å². The molecule has 5 heteroatoms. The van der Waals surface area contributed by atoms with E-state index in [1.807, 2.05) is 118 Å². The maximum absolute atomic E-state index is 12.9. The first-order valence-corrected chi connectivity index (χ1v) is 14.8. The van der Waals surface area contributed by atoms with E-state index in [4.69, 9.17) is 14.2 Å². The number of hydrogen-bond acceptors (Lipinski definition) is 4. The molecule has 0 saturated carbocycles. The van der Waals surface area contributed by atoms with Gasteiger partial charge in [-0.2, -0.15) is 0 Å². The minimum absolute atomic E-state index is 0.317. The van der Waals surface area contributed by atoms with Gasteiger partial charge in [-0.1, -0.05) is 127 Å². The number of hydrogen-bond donors (Lipinski definition) is 1. The first-order valence-electron chi connectivity index (χ1n) is 14.8. The molecule has 0 radical (unpaired) electrons. The maximum Gasteiger partial charge on any atom is 0.408 e. The van der Waals surface area contributed by atoms with Gasteiger partial charge in [0.05, 0.1) is 19.8 Å². The van der Waals surface area contributed by atoms with E-state index in [2.05, 4.69) is 47.8 Å². The van der Waals surface area contributed by atoms with E-state index in [9.17, 15) is 4.79 Å². The average molecular weight is 586 g/mol. The van der Waals surface area contributed by atoms with Gasteiger partial charge in [0.1, 0.15) is 17.0 Å². The van der Waals surface area contributed by atoms with Crippen molar-refractivity contribution in [2.75, 3.05) is 7.11 Å². The Kier molecular flexibility index (Phi) is 9.47. The molecule has 5 aromatic carbocycles. The largest absolute Gasteiger partial charge is 0.497 e. The summed E-state index contributed by atoms with van der Waals surface area (Å²) < 4.78 is 18.2. The number of alkyl carbamates (subject to hydrolysis) is 1. The summed E-state index contributed by atoms with van der Waals surface area (Å²) in [5, 5.41) is 3.08. The fraction of sp³-hybridized carbons (Fsp3) is 0.205. The highest BCUT2D eigenvalue weighted by molar-refractivity contribution is 5.69. The van der Waals surface area contributed by atoms with Gasteiger partial charge in [-0.05, 0) is 66.3 Å². The van der Waals surface area contributed by atoms with Gasteiger partial charge in [0.25, 0.3) is 0 Å². The van der Waals surface area contributed by atoms with E-state index in [-0.39, 0.29) is 0 Å². The molecular weight excluding hydrogens is 546 g/mol. The molecule has 1 unspecified atom stereocenters. The summed E-state index contributed by atoms with van der Waals surface area (Å²) in [6.45, 7) is 5.89. The third-order valence-corrected chi connectivity index (χ3v) is 7.39. The third kappa shape index (κ3) is 7.19.